The third-order valence-corrected chi connectivity index (χ3v) is 3.90. The highest BCUT2D eigenvalue weighted by atomic mass is 32.2. The van der Waals surface area contributed by atoms with Crippen LogP contribution in [0.4, 0.5) is 4.79 Å². The van der Waals surface area contributed by atoms with E-state index in [1.807, 2.05) is 0 Å². The van der Waals surface area contributed by atoms with E-state index in [1.54, 1.807) is 41.5 Å². The monoisotopic (exact) mass is 420 g/mol. The maximum atomic E-state index is 11.7. The van der Waals surface area contributed by atoms with E-state index in [4.69, 9.17) is 18.9 Å². The molecule has 0 aliphatic carbocycles. The molecule has 162 valence electrons. The van der Waals surface area contributed by atoms with Gasteiger partial charge in [0.2, 0.25) is 12.6 Å². The molecule has 0 amide bonds. The zero-order valence-corrected chi connectivity index (χ0v) is 18.8. The Morgan fingerprint density at radius 2 is 1.18 bits per heavy atom. The minimum Gasteiger partial charge on any atom is -0.425 e. The van der Waals surface area contributed by atoms with Crippen LogP contribution in [0.3, 0.4) is 0 Å². The Morgan fingerprint density at radius 3 is 1.61 bits per heavy atom. The molecule has 0 spiro atoms. The second-order valence-electron chi connectivity index (χ2n) is 8.26. The summed E-state index contributed by atoms with van der Waals surface area (Å²) >= 11 is 0.869. The molecule has 9 heteroatoms. The van der Waals surface area contributed by atoms with Crippen LogP contribution in [0.15, 0.2) is 0 Å². The summed E-state index contributed by atoms with van der Waals surface area (Å²) in [5.74, 6) is -1.14. The van der Waals surface area contributed by atoms with E-state index < -0.39 is 46.6 Å². The van der Waals surface area contributed by atoms with Crippen molar-refractivity contribution in [2.75, 3.05) is 5.75 Å². The number of ether oxygens (including phenoxy) is 4. The third kappa shape index (κ3) is 11.8. The minimum atomic E-state index is -0.991. The summed E-state index contributed by atoms with van der Waals surface area (Å²) in [5, 5.41) is -0.602. The van der Waals surface area contributed by atoms with Gasteiger partial charge in [-0.3, -0.25) is 14.4 Å². The summed E-state index contributed by atoms with van der Waals surface area (Å²) in [6.07, 6.45) is -1.54. The molecule has 0 saturated carbocycles. The first-order valence-corrected chi connectivity index (χ1v) is 10.1. The van der Waals surface area contributed by atoms with Crippen molar-refractivity contribution in [3.8, 4) is 0 Å². The Bertz CT molecular complexity index is 509. The number of thioether (sulfide) groups is 1. The Hall–Kier alpha value is -1.77. The smallest absolute Gasteiger partial charge is 0.370 e. The minimum absolute atomic E-state index is 0.0618. The van der Waals surface area contributed by atoms with Crippen molar-refractivity contribution >= 4 is 35.0 Å². The van der Waals surface area contributed by atoms with Crippen LogP contribution < -0.4 is 0 Å². The maximum absolute atomic E-state index is 11.7. The molecule has 0 bridgehead atoms. The molecule has 0 aliphatic rings. The van der Waals surface area contributed by atoms with E-state index in [2.05, 4.69) is 0 Å². The molecule has 2 atom stereocenters. The zero-order chi connectivity index (χ0) is 22.1. The lowest BCUT2D eigenvalue weighted by atomic mass is 9.97. The summed E-state index contributed by atoms with van der Waals surface area (Å²) in [6, 6.07) is 0. The Labute approximate surface area is 171 Å². The van der Waals surface area contributed by atoms with Gasteiger partial charge in [-0.05, 0) is 59.7 Å². The van der Waals surface area contributed by atoms with Crippen LogP contribution in [0.25, 0.3) is 0 Å². The van der Waals surface area contributed by atoms with Crippen molar-refractivity contribution in [3.63, 3.8) is 0 Å². The Balaban J connectivity index is 4.03. The van der Waals surface area contributed by atoms with Crippen molar-refractivity contribution in [1.29, 1.82) is 0 Å². The SMILES string of the molecule is CC(OC(=O)CCCSC(=O)OC(C)OC(=O)C(C)(C)C)OC(=O)C(C)(C)C. The average Bonchev–Trinajstić information content (AvgIpc) is 2.49. The predicted octanol–water partition coefficient (Wildman–Crippen LogP) is 4.05. The Morgan fingerprint density at radius 1 is 0.750 bits per heavy atom. The fourth-order valence-electron chi connectivity index (χ4n) is 1.49. The van der Waals surface area contributed by atoms with Gasteiger partial charge in [0.05, 0.1) is 10.8 Å². The third-order valence-electron chi connectivity index (χ3n) is 3.08. The molecular formula is C19H32O8S. The number of hydrogen-bond acceptors (Lipinski definition) is 9. The molecule has 0 aromatic carbocycles. The normalized spacial score (nSPS) is 13.9. The molecule has 0 heterocycles. The summed E-state index contributed by atoms with van der Waals surface area (Å²) in [6.45, 7) is 13.1. The van der Waals surface area contributed by atoms with Gasteiger partial charge in [0.15, 0.2) is 0 Å². The molecule has 2 unspecified atom stereocenters. The highest BCUT2D eigenvalue weighted by Crippen LogP contribution is 2.19. The zero-order valence-electron chi connectivity index (χ0n) is 18.0. The molecule has 0 aromatic heterocycles. The lowest BCUT2D eigenvalue weighted by Crippen LogP contribution is -2.29. The maximum Gasteiger partial charge on any atom is 0.370 e. The van der Waals surface area contributed by atoms with Crippen molar-refractivity contribution in [1.82, 2.24) is 0 Å². The quantitative estimate of drug-likeness (QED) is 0.326. The van der Waals surface area contributed by atoms with Crippen LogP contribution in [-0.2, 0) is 33.3 Å². The van der Waals surface area contributed by atoms with E-state index in [-0.39, 0.29) is 6.42 Å². The number of rotatable bonds is 8. The second-order valence-corrected chi connectivity index (χ2v) is 9.29. The number of esters is 3. The topological polar surface area (TPSA) is 105 Å². The summed E-state index contributed by atoms with van der Waals surface area (Å²) < 4.78 is 20.0. The highest BCUT2D eigenvalue weighted by molar-refractivity contribution is 8.13. The number of hydrogen-bond donors (Lipinski definition) is 0. The molecule has 0 N–H and O–H groups in total. The van der Waals surface area contributed by atoms with Crippen LogP contribution in [0.5, 0.6) is 0 Å². The van der Waals surface area contributed by atoms with Gasteiger partial charge in [0.1, 0.15) is 0 Å². The molecule has 0 fully saturated rings. The first kappa shape index (κ1) is 26.2. The average molecular weight is 421 g/mol. The van der Waals surface area contributed by atoms with Crippen molar-refractivity contribution in [2.45, 2.75) is 80.8 Å². The lowest BCUT2D eigenvalue weighted by Gasteiger charge is -2.21. The molecule has 0 radical (unpaired) electrons. The summed E-state index contributed by atoms with van der Waals surface area (Å²) in [7, 11) is 0. The number of carbonyl (C=O) groups excluding carboxylic acids is 4. The van der Waals surface area contributed by atoms with E-state index >= 15 is 0 Å². The molecular weight excluding hydrogens is 388 g/mol. The predicted molar refractivity (Wildman–Crippen MR) is 104 cm³/mol. The molecule has 0 aromatic rings. The van der Waals surface area contributed by atoms with Gasteiger partial charge >= 0.3 is 23.2 Å². The van der Waals surface area contributed by atoms with Gasteiger partial charge < -0.3 is 18.9 Å². The molecule has 8 nitrogen and oxygen atoms in total. The van der Waals surface area contributed by atoms with Gasteiger partial charge in [-0.15, -0.1) is 0 Å². The molecule has 0 saturated heterocycles. The fraction of sp³-hybridized carbons (Fsp3) is 0.789. The van der Waals surface area contributed by atoms with Crippen molar-refractivity contribution in [3.05, 3.63) is 0 Å². The van der Waals surface area contributed by atoms with Crippen LogP contribution in [0.1, 0.15) is 68.2 Å². The summed E-state index contributed by atoms with van der Waals surface area (Å²) in [5.41, 5.74) is -1.37. The molecule has 28 heavy (non-hydrogen) atoms. The van der Waals surface area contributed by atoms with E-state index in [1.165, 1.54) is 13.8 Å². The van der Waals surface area contributed by atoms with Gasteiger partial charge in [-0.2, -0.15) is 0 Å². The highest BCUT2D eigenvalue weighted by Gasteiger charge is 2.27. The van der Waals surface area contributed by atoms with Crippen LogP contribution in [0.2, 0.25) is 0 Å². The standard InChI is InChI=1S/C19H32O8S/c1-12(25-15(21)18(3,4)5)24-14(20)10-9-11-28-17(23)27-13(2)26-16(22)19(6,7)8/h12-13H,9-11H2,1-8H3. The largest absolute Gasteiger partial charge is 0.425 e. The van der Waals surface area contributed by atoms with Crippen LogP contribution in [0, 0.1) is 10.8 Å². The number of carbonyl (C=O) groups is 4. The lowest BCUT2D eigenvalue weighted by molar-refractivity contribution is -0.190. The molecule has 0 aliphatic heterocycles. The summed E-state index contributed by atoms with van der Waals surface area (Å²) in [4.78, 5) is 46.8. The van der Waals surface area contributed by atoms with Crippen molar-refractivity contribution in [2.24, 2.45) is 10.8 Å². The van der Waals surface area contributed by atoms with E-state index in [9.17, 15) is 19.2 Å². The van der Waals surface area contributed by atoms with Crippen LogP contribution >= 0.6 is 11.8 Å². The van der Waals surface area contributed by atoms with Gasteiger partial charge in [-0.25, -0.2) is 4.79 Å². The van der Waals surface area contributed by atoms with E-state index in [0.29, 0.717) is 12.2 Å². The second kappa shape index (κ2) is 11.3. The van der Waals surface area contributed by atoms with E-state index in [0.717, 1.165) is 11.8 Å². The first-order chi connectivity index (χ1) is 12.6. The van der Waals surface area contributed by atoms with Gasteiger partial charge in [0.25, 0.3) is 0 Å². The fourth-order valence-corrected chi connectivity index (χ4v) is 2.15. The van der Waals surface area contributed by atoms with Gasteiger partial charge in [-0.1, -0.05) is 0 Å². The van der Waals surface area contributed by atoms with Crippen molar-refractivity contribution < 1.29 is 38.1 Å². The molecule has 0 rings (SSSR count). The first-order valence-electron chi connectivity index (χ1n) is 9.08. The van der Waals surface area contributed by atoms with Crippen LogP contribution in [-0.4, -0.2) is 41.5 Å². The van der Waals surface area contributed by atoms with Gasteiger partial charge in [0, 0.05) is 26.0 Å². The Kier molecular flexibility index (Phi) is 10.6.